The normalized spacial score (nSPS) is 10.8. The summed E-state index contributed by atoms with van der Waals surface area (Å²) in [7, 11) is 0. The van der Waals surface area contributed by atoms with Crippen LogP contribution >= 0.6 is 15.9 Å². The van der Waals surface area contributed by atoms with E-state index in [2.05, 4.69) is 29.8 Å². The summed E-state index contributed by atoms with van der Waals surface area (Å²) in [5.74, 6) is 0.622. The molecule has 2 aromatic carbocycles. The highest BCUT2D eigenvalue weighted by atomic mass is 79.9. The first-order chi connectivity index (χ1) is 13.3. The number of hydrogen-bond acceptors (Lipinski definition) is 5. The van der Waals surface area contributed by atoms with Crippen LogP contribution in [0.4, 0.5) is 0 Å². The second kappa shape index (κ2) is 10.3. The van der Waals surface area contributed by atoms with Crippen molar-refractivity contribution in [3.63, 3.8) is 0 Å². The van der Waals surface area contributed by atoms with E-state index in [4.69, 9.17) is 14.2 Å². The highest BCUT2D eigenvalue weighted by molar-refractivity contribution is 9.10. The maximum Gasteiger partial charge on any atom is 0.343 e. The fraction of sp³-hybridized carbons (Fsp3) is 0.364. The Bertz CT molecular complexity index is 829. The standard InChI is InChI=1S/C22H25BrO5/c1-14(2)12-26-20-9-8-17(11-19(20)23)22(25)28-18-7-5-6-16(10-18)21(24)27-13-15(3)4/h5-11,14-15H,12-13H2,1-4H3. The first-order valence-electron chi connectivity index (χ1n) is 9.18. The first kappa shape index (κ1) is 22.0. The second-order valence-electron chi connectivity index (χ2n) is 7.26. The van der Waals surface area contributed by atoms with Crippen LogP contribution in [0.1, 0.15) is 48.4 Å². The monoisotopic (exact) mass is 448 g/mol. The molecule has 0 saturated heterocycles. The first-order valence-corrected chi connectivity index (χ1v) is 9.97. The van der Waals surface area contributed by atoms with Crippen LogP contribution in [-0.2, 0) is 4.74 Å². The average molecular weight is 449 g/mol. The number of rotatable bonds is 8. The van der Waals surface area contributed by atoms with Gasteiger partial charge in [-0.3, -0.25) is 0 Å². The lowest BCUT2D eigenvalue weighted by Gasteiger charge is -2.12. The van der Waals surface area contributed by atoms with Crippen molar-refractivity contribution in [2.24, 2.45) is 11.8 Å². The summed E-state index contributed by atoms with van der Waals surface area (Å²) in [5, 5.41) is 0. The Labute approximate surface area is 174 Å². The van der Waals surface area contributed by atoms with Crippen LogP contribution in [0.25, 0.3) is 0 Å². The zero-order valence-corrected chi connectivity index (χ0v) is 18.1. The van der Waals surface area contributed by atoms with Crippen LogP contribution in [-0.4, -0.2) is 25.2 Å². The van der Waals surface area contributed by atoms with Gasteiger partial charge in [-0.1, -0.05) is 33.8 Å². The molecule has 0 aliphatic carbocycles. The van der Waals surface area contributed by atoms with Crippen molar-refractivity contribution < 1.29 is 23.8 Å². The minimum atomic E-state index is -0.524. The Morgan fingerprint density at radius 2 is 1.57 bits per heavy atom. The summed E-state index contributed by atoms with van der Waals surface area (Å²) in [6.45, 7) is 8.97. The van der Waals surface area contributed by atoms with E-state index in [1.807, 2.05) is 13.8 Å². The molecule has 0 heterocycles. The fourth-order valence-corrected chi connectivity index (χ4v) is 2.67. The molecule has 0 amide bonds. The summed E-state index contributed by atoms with van der Waals surface area (Å²) in [6.07, 6.45) is 0. The van der Waals surface area contributed by atoms with Gasteiger partial charge in [0.25, 0.3) is 0 Å². The van der Waals surface area contributed by atoms with Gasteiger partial charge in [0.15, 0.2) is 0 Å². The van der Waals surface area contributed by atoms with Crippen LogP contribution in [0.5, 0.6) is 11.5 Å². The van der Waals surface area contributed by atoms with Gasteiger partial charge in [-0.2, -0.15) is 0 Å². The summed E-state index contributed by atoms with van der Waals surface area (Å²) >= 11 is 3.42. The lowest BCUT2D eigenvalue weighted by Crippen LogP contribution is -2.12. The van der Waals surface area contributed by atoms with Crippen molar-refractivity contribution in [2.75, 3.05) is 13.2 Å². The summed E-state index contributed by atoms with van der Waals surface area (Å²) in [6, 6.07) is 11.4. The van der Waals surface area contributed by atoms with E-state index in [1.165, 1.54) is 6.07 Å². The SMILES string of the molecule is CC(C)COC(=O)c1cccc(OC(=O)c2ccc(OCC(C)C)c(Br)c2)c1. The molecule has 2 aromatic rings. The third kappa shape index (κ3) is 6.68. The molecular weight excluding hydrogens is 424 g/mol. The molecule has 0 fully saturated rings. The van der Waals surface area contributed by atoms with E-state index < -0.39 is 11.9 Å². The van der Waals surface area contributed by atoms with Crippen LogP contribution in [0, 0.1) is 11.8 Å². The Balaban J connectivity index is 2.05. The Morgan fingerprint density at radius 1 is 0.893 bits per heavy atom. The molecule has 2 rings (SSSR count). The highest BCUT2D eigenvalue weighted by Gasteiger charge is 2.14. The van der Waals surface area contributed by atoms with Gasteiger partial charge in [-0.25, -0.2) is 9.59 Å². The molecule has 6 heteroatoms. The largest absolute Gasteiger partial charge is 0.492 e. The quantitative estimate of drug-likeness (QED) is 0.393. The van der Waals surface area contributed by atoms with E-state index in [0.29, 0.717) is 40.5 Å². The van der Waals surface area contributed by atoms with E-state index in [0.717, 1.165) is 0 Å². The average Bonchev–Trinajstić information content (AvgIpc) is 2.65. The van der Waals surface area contributed by atoms with Crippen LogP contribution in [0.2, 0.25) is 0 Å². The Kier molecular flexibility index (Phi) is 8.05. The molecule has 0 radical (unpaired) electrons. The molecule has 0 bridgehead atoms. The van der Waals surface area contributed by atoms with Crippen LogP contribution in [0.15, 0.2) is 46.9 Å². The molecule has 0 unspecified atom stereocenters. The Morgan fingerprint density at radius 3 is 2.21 bits per heavy atom. The predicted molar refractivity (Wildman–Crippen MR) is 111 cm³/mol. The summed E-state index contributed by atoms with van der Waals surface area (Å²) in [5.41, 5.74) is 0.709. The second-order valence-corrected chi connectivity index (χ2v) is 8.11. The molecule has 0 aromatic heterocycles. The molecule has 150 valence electrons. The van der Waals surface area contributed by atoms with E-state index >= 15 is 0 Å². The number of halogens is 1. The molecule has 28 heavy (non-hydrogen) atoms. The van der Waals surface area contributed by atoms with Gasteiger partial charge < -0.3 is 14.2 Å². The van der Waals surface area contributed by atoms with E-state index in [9.17, 15) is 9.59 Å². The molecule has 0 N–H and O–H groups in total. The van der Waals surface area contributed by atoms with Crippen molar-refractivity contribution in [2.45, 2.75) is 27.7 Å². The van der Waals surface area contributed by atoms with Crippen molar-refractivity contribution in [1.29, 1.82) is 0 Å². The van der Waals surface area contributed by atoms with Crippen LogP contribution in [0.3, 0.4) is 0 Å². The minimum Gasteiger partial charge on any atom is -0.492 e. The number of hydrogen-bond donors (Lipinski definition) is 0. The lowest BCUT2D eigenvalue weighted by molar-refractivity contribution is 0.0457. The van der Waals surface area contributed by atoms with Gasteiger partial charge in [0.2, 0.25) is 0 Å². The van der Waals surface area contributed by atoms with Crippen molar-refractivity contribution >= 4 is 27.9 Å². The predicted octanol–water partition coefficient (Wildman–Crippen LogP) is 5.52. The van der Waals surface area contributed by atoms with Gasteiger partial charge in [-0.15, -0.1) is 0 Å². The maximum atomic E-state index is 12.4. The topological polar surface area (TPSA) is 61.8 Å². The molecular formula is C22H25BrO5. The number of carbonyl (C=O) groups excluding carboxylic acids is 2. The number of benzene rings is 2. The maximum absolute atomic E-state index is 12.4. The van der Waals surface area contributed by atoms with Gasteiger partial charge >= 0.3 is 11.9 Å². The molecule has 5 nitrogen and oxygen atoms in total. The zero-order chi connectivity index (χ0) is 20.7. The highest BCUT2D eigenvalue weighted by Crippen LogP contribution is 2.27. The lowest BCUT2D eigenvalue weighted by atomic mass is 10.2. The van der Waals surface area contributed by atoms with Gasteiger partial charge in [0.05, 0.1) is 28.8 Å². The summed E-state index contributed by atoms with van der Waals surface area (Å²) < 4.78 is 17.0. The van der Waals surface area contributed by atoms with Gasteiger partial charge in [-0.05, 0) is 64.2 Å². The summed E-state index contributed by atoms with van der Waals surface area (Å²) in [4.78, 5) is 24.5. The third-order valence-electron chi connectivity index (χ3n) is 3.57. The zero-order valence-electron chi connectivity index (χ0n) is 16.5. The number of esters is 2. The molecule has 0 aliphatic heterocycles. The molecule has 0 saturated carbocycles. The molecule has 0 aliphatic rings. The smallest absolute Gasteiger partial charge is 0.343 e. The molecule has 0 spiro atoms. The fourth-order valence-electron chi connectivity index (χ4n) is 2.18. The van der Waals surface area contributed by atoms with Gasteiger partial charge in [0.1, 0.15) is 11.5 Å². The minimum absolute atomic E-state index is 0.246. The number of carbonyl (C=O) groups is 2. The van der Waals surface area contributed by atoms with Crippen LogP contribution < -0.4 is 9.47 Å². The van der Waals surface area contributed by atoms with Crippen molar-refractivity contribution in [3.8, 4) is 11.5 Å². The molecule has 0 atom stereocenters. The Hall–Kier alpha value is -2.34. The van der Waals surface area contributed by atoms with E-state index in [1.54, 1.807) is 36.4 Å². The van der Waals surface area contributed by atoms with Gasteiger partial charge in [0, 0.05) is 0 Å². The number of ether oxygens (including phenoxy) is 3. The van der Waals surface area contributed by atoms with Crippen molar-refractivity contribution in [3.05, 3.63) is 58.1 Å². The third-order valence-corrected chi connectivity index (χ3v) is 4.19. The van der Waals surface area contributed by atoms with E-state index in [-0.39, 0.29) is 11.7 Å². The van der Waals surface area contributed by atoms with Crippen molar-refractivity contribution in [1.82, 2.24) is 0 Å².